The largest absolute Gasteiger partial charge is 0.336 e. The minimum atomic E-state index is -0.593. The fraction of sp³-hybridized carbons (Fsp3) is 0.529. The van der Waals surface area contributed by atoms with Gasteiger partial charge >= 0.3 is 0 Å². The summed E-state index contributed by atoms with van der Waals surface area (Å²) in [5.74, 6) is -0.273. The first kappa shape index (κ1) is 13.7. The van der Waals surface area contributed by atoms with E-state index in [0.29, 0.717) is 19.1 Å². The molecule has 4 nitrogen and oxygen atoms in total. The van der Waals surface area contributed by atoms with Crippen molar-refractivity contribution in [1.82, 2.24) is 9.80 Å². The fourth-order valence-electron chi connectivity index (χ4n) is 3.47. The predicted octanol–water partition coefficient (Wildman–Crippen LogP) is 1.69. The molecular weight excluding hydrogens is 283 g/mol. The number of benzene rings is 1. The van der Waals surface area contributed by atoms with E-state index in [1.807, 2.05) is 11.0 Å². The van der Waals surface area contributed by atoms with Crippen molar-refractivity contribution in [2.45, 2.75) is 37.1 Å². The van der Waals surface area contributed by atoms with Gasteiger partial charge < -0.3 is 9.80 Å². The van der Waals surface area contributed by atoms with Crippen molar-refractivity contribution in [2.24, 2.45) is 0 Å². The van der Waals surface area contributed by atoms with Gasteiger partial charge in [0.1, 0.15) is 5.82 Å². The third-order valence-corrected chi connectivity index (χ3v) is 5.07. The van der Waals surface area contributed by atoms with Crippen LogP contribution in [-0.4, -0.2) is 47.3 Å². The number of piperazine rings is 1. The third kappa shape index (κ3) is 2.19. The van der Waals surface area contributed by atoms with Crippen molar-refractivity contribution in [3.63, 3.8) is 0 Å². The van der Waals surface area contributed by atoms with Gasteiger partial charge in [0.25, 0.3) is 0 Å². The number of nitrogens with zero attached hydrogens (tertiary/aromatic N) is 2. The fourth-order valence-corrected chi connectivity index (χ4v) is 3.47. The van der Waals surface area contributed by atoms with Crippen LogP contribution in [0.25, 0.3) is 0 Å². The highest BCUT2D eigenvalue weighted by Crippen LogP contribution is 2.50. The maximum Gasteiger partial charge on any atom is 0.242 e. The number of hydrogen-bond donors (Lipinski definition) is 0. The minimum absolute atomic E-state index is 0.0121. The summed E-state index contributed by atoms with van der Waals surface area (Å²) < 4.78 is 13.5. The van der Waals surface area contributed by atoms with E-state index >= 15 is 0 Å². The van der Waals surface area contributed by atoms with Crippen LogP contribution in [-0.2, 0) is 15.0 Å². The Kier molecular flexibility index (Phi) is 2.99. The maximum absolute atomic E-state index is 13.5. The molecule has 0 N–H and O–H groups in total. The molecule has 2 amide bonds. The Hall–Kier alpha value is -1.91. The first-order valence-corrected chi connectivity index (χ1v) is 7.95. The standard InChI is InChI=1S/C17H19FN2O2/c18-13-3-1-2-12(10-13)17(6-7-17)16(22)19-8-9-20(14-4-5-14)15(21)11-19/h1-3,10,14H,4-9,11H2. The van der Waals surface area contributed by atoms with Gasteiger partial charge in [-0.25, -0.2) is 4.39 Å². The molecule has 0 unspecified atom stereocenters. The van der Waals surface area contributed by atoms with Crippen LogP contribution in [0.15, 0.2) is 24.3 Å². The molecular formula is C17H19FN2O2. The van der Waals surface area contributed by atoms with Crippen LogP contribution >= 0.6 is 0 Å². The Bertz CT molecular complexity index is 637. The Morgan fingerprint density at radius 2 is 2.00 bits per heavy atom. The van der Waals surface area contributed by atoms with Crippen molar-refractivity contribution in [2.75, 3.05) is 19.6 Å². The van der Waals surface area contributed by atoms with Crippen molar-refractivity contribution < 1.29 is 14.0 Å². The van der Waals surface area contributed by atoms with Gasteiger partial charge in [0.15, 0.2) is 0 Å². The highest BCUT2D eigenvalue weighted by atomic mass is 19.1. The molecule has 0 bridgehead atoms. The summed E-state index contributed by atoms with van der Waals surface area (Å²) >= 11 is 0. The molecule has 5 heteroatoms. The molecule has 2 aliphatic carbocycles. The van der Waals surface area contributed by atoms with Crippen LogP contribution in [0.1, 0.15) is 31.2 Å². The van der Waals surface area contributed by atoms with Gasteiger partial charge in [0.2, 0.25) is 11.8 Å². The lowest BCUT2D eigenvalue weighted by atomic mass is 9.94. The smallest absolute Gasteiger partial charge is 0.242 e. The Morgan fingerprint density at radius 1 is 1.23 bits per heavy atom. The lowest BCUT2D eigenvalue weighted by molar-refractivity contribution is -0.147. The van der Waals surface area contributed by atoms with E-state index in [2.05, 4.69) is 0 Å². The molecule has 1 aliphatic heterocycles. The molecule has 1 aromatic rings. The number of amides is 2. The lowest BCUT2D eigenvalue weighted by Crippen LogP contribution is -2.55. The van der Waals surface area contributed by atoms with E-state index in [9.17, 15) is 14.0 Å². The minimum Gasteiger partial charge on any atom is -0.336 e. The average Bonchev–Trinajstić information content (AvgIpc) is 3.38. The molecule has 1 saturated heterocycles. The zero-order valence-corrected chi connectivity index (χ0v) is 12.4. The van der Waals surface area contributed by atoms with Gasteiger partial charge in [0.05, 0.1) is 12.0 Å². The SMILES string of the molecule is O=C1CN(C(=O)C2(c3cccc(F)c3)CC2)CCN1C1CC1. The monoisotopic (exact) mass is 302 g/mol. The second-order valence-electron chi connectivity index (χ2n) is 6.64. The summed E-state index contributed by atoms with van der Waals surface area (Å²) in [6.07, 6.45) is 3.67. The Morgan fingerprint density at radius 3 is 2.59 bits per heavy atom. The number of carbonyl (C=O) groups is 2. The van der Waals surface area contributed by atoms with Gasteiger partial charge in [0, 0.05) is 19.1 Å². The van der Waals surface area contributed by atoms with Gasteiger partial charge in [-0.1, -0.05) is 12.1 Å². The van der Waals surface area contributed by atoms with Gasteiger partial charge in [-0.2, -0.15) is 0 Å². The zero-order valence-electron chi connectivity index (χ0n) is 12.4. The molecule has 0 atom stereocenters. The Balaban J connectivity index is 1.51. The number of hydrogen-bond acceptors (Lipinski definition) is 2. The number of carbonyl (C=O) groups excluding carboxylic acids is 2. The highest BCUT2D eigenvalue weighted by Gasteiger charge is 2.54. The lowest BCUT2D eigenvalue weighted by Gasteiger charge is -2.36. The second kappa shape index (κ2) is 4.80. The van der Waals surface area contributed by atoms with E-state index in [0.717, 1.165) is 31.2 Å². The van der Waals surface area contributed by atoms with E-state index in [1.165, 1.54) is 12.1 Å². The topological polar surface area (TPSA) is 40.6 Å². The molecule has 22 heavy (non-hydrogen) atoms. The van der Waals surface area contributed by atoms with Crippen molar-refractivity contribution in [1.29, 1.82) is 0 Å². The molecule has 3 fully saturated rings. The van der Waals surface area contributed by atoms with Crippen LogP contribution in [0.2, 0.25) is 0 Å². The molecule has 3 aliphatic rings. The molecule has 1 heterocycles. The number of halogens is 1. The summed E-state index contributed by atoms with van der Waals surface area (Å²) in [6, 6.07) is 6.71. The first-order valence-electron chi connectivity index (χ1n) is 7.95. The van der Waals surface area contributed by atoms with Gasteiger partial charge in [-0.3, -0.25) is 9.59 Å². The van der Waals surface area contributed by atoms with Crippen LogP contribution in [0, 0.1) is 5.82 Å². The molecule has 1 aromatic carbocycles. The second-order valence-corrected chi connectivity index (χ2v) is 6.64. The molecule has 0 radical (unpaired) electrons. The first-order chi connectivity index (χ1) is 10.6. The molecule has 0 aromatic heterocycles. The van der Waals surface area contributed by atoms with Crippen LogP contribution in [0.3, 0.4) is 0 Å². The summed E-state index contributed by atoms with van der Waals surface area (Å²) in [4.78, 5) is 28.6. The molecule has 0 spiro atoms. The van der Waals surface area contributed by atoms with Crippen LogP contribution in [0.5, 0.6) is 0 Å². The predicted molar refractivity (Wildman–Crippen MR) is 78.6 cm³/mol. The van der Waals surface area contributed by atoms with E-state index in [-0.39, 0.29) is 24.2 Å². The number of rotatable bonds is 3. The van der Waals surface area contributed by atoms with Gasteiger partial charge in [-0.05, 0) is 43.4 Å². The molecule has 116 valence electrons. The van der Waals surface area contributed by atoms with E-state index < -0.39 is 5.41 Å². The van der Waals surface area contributed by atoms with Crippen LogP contribution < -0.4 is 0 Å². The van der Waals surface area contributed by atoms with Crippen molar-refractivity contribution >= 4 is 11.8 Å². The summed E-state index contributed by atoms with van der Waals surface area (Å²) in [5, 5.41) is 0. The van der Waals surface area contributed by atoms with Crippen molar-refractivity contribution in [3.05, 3.63) is 35.6 Å². The molecule has 2 saturated carbocycles. The average molecular weight is 302 g/mol. The zero-order chi connectivity index (χ0) is 15.3. The van der Waals surface area contributed by atoms with Crippen molar-refractivity contribution in [3.8, 4) is 0 Å². The van der Waals surface area contributed by atoms with E-state index in [4.69, 9.17) is 0 Å². The van der Waals surface area contributed by atoms with E-state index in [1.54, 1.807) is 11.0 Å². The molecule has 4 rings (SSSR count). The van der Waals surface area contributed by atoms with Gasteiger partial charge in [-0.15, -0.1) is 0 Å². The third-order valence-electron chi connectivity index (χ3n) is 5.07. The quantitative estimate of drug-likeness (QED) is 0.852. The normalized spacial score (nSPS) is 23.6. The summed E-state index contributed by atoms with van der Waals surface area (Å²) in [5.41, 5.74) is 0.152. The van der Waals surface area contributed by atoms with Crippen LogP contribution in [0.4, 0.5) is 4.39 Å². The maximum atomic E-state index is 13.5. The summed E-state index contributed by atoms with van der Waals surface area (Å²) in [6.45, 7) is 1.40. The summed E-state index contributed by atoms with van der Waals surface area (Å²) in [7, 11) is 0. The Labute approximate surface area is 128 Å². The highest BCUT2D eigenvalue weighted by molar-refractivity contribution is 5.94.